The normalized spacial score (nSPS) is 12.0. The molecule has 0 aliphatic carbocycles. The first-order valence-electron chi connectivity index (χ1n) is 8.25. The number of anilines is 1. The molecule has 0 saturated heterocycles. The minimum atomic E-state index is -0.823. The molecule has 9 heteroatoms. The van der Waals surface area contributed by atoms with Gasteiger partial charge in [-0.1, -0.05) is 11.8 Å². The third kappa shape index (κ3) is 4.30. The molecular weight excluding hydrogens is 372 g/mol. The average molecular weight is 389 g/mol. The molecule has 1 aromatic carbocycles. The standard InChI is InChI=1S/C18H17F2N5OS/c1-3-25-16(12-5-4-8-21-10-12)23-24-18(25)27-11(2)17(26)22-15-7-6-13(19)9-14(15)20/h4-11H,3H2,1-2H3,(H,22,26)/t11-/m1/s1. The molecule has 0 aliphatic heterocycles. The second kappa shape index (κ2) is 8.26. The van der Waals surface area contributed by atoms with E-state index in [-0.39, 0.29) is 5.69 Å². The molecule has 140 valence electrons. The van der Waals surface area contributed by atoms with E-state index in [1.165, 1.54) is 17.8 Å². The van der Waals surface area contributed by atoms with Gasteiger partial charge in [0.15, 0.2) is 11.0 Å². The molecule has 0 unspecified atom stereocenters. The van der Waals surface area contributed by atoms with Crippen LogP contribution >= 0.6 is 11.8 Å². The van der Waals surface area contributed by atoms with Gasteiger partial charge in [0.25, 0.3) is 0 Å². The Balaban J connectivity index is 1.75. The zero-order valence-electron chi connectivity index (χ0n) is 14.7. The van der Waals surface area contributed by atoms with Crippen LogP contribution in [0.3, 0.4) is 0 Å². The van der Waals surface area contributed by atoms with Crippen molar-refractivity contribution in [1.29, 1.82) is 0 Å². The fraction of sp³-hybridized carbons (Fsp3) is 0.222. The van der Waals surface area contributed by atoms with Crippen molar-refractivity contribution in [1.82, 2.24) is 19.7 Å². The topological polar surface area (TPSA) is 72.7 Å². The van der Waals surface area contributed by atoms with E-state index in [9.17, 15) is 13.6 Å². The summed E-state index contributed by atoms with van der Waals surface area (Å²) in [7, 11) is 0. The molecule has 2 aromatic heterocycles. The van der Waals surface area contributed by atoms with E-state index < -0.39 is 22.8 Å². The maximum absolute atomic E-state index is 13.7. The van der Waals surface area contributed by atoms with Crippen LogP contribution in [0, 0.1) is 11.6 Å². The number of hydrogen-bond acceptors (Lipinski definition) is 5. The van der Waals surface area contributed by atoms with Crippen molar-refractivity contribution in [3.8, 4) is 11.4 Å². The van der Waals surface area contributed by atoms with Gasteiger partial charge in [0.2, 0.25) is 5.91 Å². The van der Waals surface area contributed by atoms with Gasteiger partial charge in [0.05, 0.1) is 10.9 Å². The Kier molecular flexibility index (Phi) is 5.80. The fourth-order valence-electron chi connectivity index (χ4n) is 2.41. The molecule has 0 aliphatic rings. The van der Waals surface area contributed by atoms with Gasteiger partial charge in [-0.15, -0.1) is 10.2 Å². The number of carbonyl (C=O) groups excluding carboxylic acids is 1. The summed E-state index contributed by atoms with van der Waals surface area (Å²) in [5.41, 5.74) is 0.756. The fourth-order valence-corrected chi connectivity index (χ4v) is 3.32. The highest BCUT2D eigenvalue weighted by Gasteiger charge is 2.21. The van der Waals surface area contributed by atoms with Gasteiger partial charge in [-0.05, 0) is 38.1 Å². The van der Waals surface area contributed by atoms with Crippen LogP contribution in [0.5, 0.6) is 0 Å². The number of halogens is 2. The number of rotatable bonds is 6. The average Bonchev–Trinajstić information content (AvgIpc) is 3.07. The number of hydrogen-bond donors (Lipinski definition) is 1. The molecule has 1 N–H and O–H groups in total. The Morgan fingerprint density at radius 2 is 2.11 bits per heavy atom. The first kappa shape index (κ1) is 19.0. The summed E-state index contributed by atoms with van der Waals surface area (Å²) in [4.78, 5) is 16.5. The number of nitrogens with one attached hydrogen (secondary N) is 1. The minimum absolute atomic E-state index is 0.0677. The van der Waals surface area contributed by atoms with Crippen LogP contribution in [0.2, 0.25) is 0 Å². The smallest absolute Gasteiger partial charge is 0.237 e. The molecule has 1 atom stereocenters. The molecule has 0 radical (unpaired) electrons. The van der Waals surface area contributed by atoms with Crippen molar-refractivity contribution < 1.29 is 13.6 Å². The largest absolute Gasteiger partial charge is 0.323 e. The molecule has 2 heterocycles. The van der Waals surface area contributed by atoms with Gasteiger partial charge in [-0.25, -0.2) is 8.78 Å². The van der Waals surface area contributed by atoms with Crippen LogP contribution in [-0.4, -0.2) is 30.9 Å². The number of benzene rings is 1. The predicted molar refractivity (Wildman–Crippen MR) is 99.2 cm³/mol. The molecule has 3 rings (SSSR count). The number of carbonyl (C=O) groups is 1. The Hall–Kier alpha value is -2.81. The predicted octanol–water partition coefficient (Wildman–Crippen LogP) is 3.76. The van der Waals surface area contributed by atoms with Crippen molar-refractivity contribution in [2.24, 2.45) is 0 Å². The van der Waals surface area contributed by atoms with E-state index in [4.69, 9.17) is 0 Å². The lowest BCUT2D eigenvalue weighted by molar-refractivity contribution is -0.115. The van der Waals surface area contributed by atoms with Crippen molar-refractivity contribution >= 4 is 23.4 Å². The van der Waals surface area contributed by atoms with Crippen LogP contribution < -0.4 is 5.32 Å². The van der Waals surface area contributed by atoms with Gasteiger partial charge < -0.3 is 9.88 Å². The number of aromatic nitrogens is 4. The zero-order chi connectivity index (χ0) is 19.4. The Labute approximate surface area is 159 Å². The van der Waals surface area contributed by atoms with E-state index in [1.54, 1.807) is 19.3 Å². The highest BCUT2D eigenvalue weighted by Crippen LogP contribution is 2.27. The molecule has 0 spiro atoms. The highest BCUT2D eigenvalue weighted by atomic mass is 32.2. The number of amides is 1. The maximum Gasteiger partial charge on any atom is 0.237 e. The van der Waals surface area contributed by atoms with Crippen molar-refractivity contribution in [3.05, 3.63) is 54.4 Å². The van der Waals surface area contributed by atoms with Crippen LogP contribution in [0.1, 0.15) is 13.8 Å². The lowest BCUT2D eigenvalue weighted by Crippen LogP contribution is -2.23. The molecule has 27 heavy (non-hydrogen) atoms. The first-order valence-corrected chi connectivity index (χ1v) is 9.13. The van der Waals surface area contributed by atoms with Gasteiger partial charge in [0.1, 0.15) is 11.6 Å². The Morgan fingerprint density at radius 3 is 2.78 bits per heavy atom. The Morgan fingerprint density at radius 1 is 1.30 bits per heavy atom. The van der Waals surface area contributed by atoms with Crippen molar-refractivity contribution in [3.63, 3.8) is 0 Å². The zero-order valence-corrected chi connectivity index (χ0v) is 15.5. The van der Waals surface area contributed by atoms with E-state index in [2.05, 4.69) is 20.5 Å². The molecule has 6 nitrogen and oxygen atoms in total. The molecule has 0 bridgehead atoms. The molecule has 1 amide bonds. The van der Waals surface area contributed by atoms with Crippen LogP contribution in [0.25, 0.3) is 11.4 Å². The van der Waals surface area contributed by atoms with Gasteiger partial charge >= 0.3 is 0 Å². The van der Waals surface area contributed by atoms with Crippen LogP contribution in [0.15, 0.2) is 47.9 Å². The minimum Gasteiger partial charge on any atom is -0.323 e. The van der Waals surface area contributed by atoms with Gasteiger partial charge in [0, 0.05) is 30.6 Å². The molecule has 0 saturated carbocycles. The van der Waals surface area contributed by atoms with Crippen LogP contribution in [0.4, 0.5) is 14.5 Å². The first-order chi connectivity index (χ1) is 13.0. The summed E-state index contributed by atoms with van der Waals surface area (Å²) in [6.07, 6.45) is 3.37. The van der Waals surface area contributed by atoms with Gasteiger partial charge in [-0.2, -0.15) is 0 Å². The summed E-state index contributed by atoms with van der Waals surface area (Å²) < 4.78 is 28.6. The SMILES string of the molecule is CCn1c(S[C@H](C)C(=O)Nc2ccc(F)cc2F)nnc1-c1cccnc1. The third-order valence-electron chi connectivity index (χ3n) is 3.79. The third-order valence-corrected chi connectivity index (χ3v) is 4.87. The second-order valence-corrected chi connectivity index (χ2v) is 6.97. The highest BCUT2D eigenvalue weighted by molar-refractivity contribution is 8.00. The summed E-state index contributed by atoms with van der Waals surface area (Å²) in [6, 6.07) is 6.69. The monoisotopic (exact) mass is 389 g/mol. The Bertz CT molecular complexity index is 948. The summed E-state index contributed by atoms with van der Waals surface area (Å²) in [5.74, 6) is -1.28. The summed E-state index contributed by atoms with van der Waals surface area (Å²) >= 11 is 1.21. The number of pyridine rings is 1. The second-order valence-electron chi connectivity index (χ2n) is 5.67. The number of thioether (sulfide) groups is 1. The lowest BCUT2D eigenvalue weighted by atomic mass is 10.3. The van der Waals surface area contributed by atoms with E-state index in [0.29, 0.717) is 17.5 Å². The van der Waals surface area contributed by atoms with Crippen molar-refractivity contribution in [2.45, 2.75) is 30.8 Å². The quantitative estimate of drug-likeness (QED) is 0.650. The lowest BCUT2D eigenvalue weighted by Gasteiger charge is -2.13. The molecule has 3 aromatic rings. The van der Waals surface area contributed by atoms with Gasteiger partial charge in [-0.3, -0.25) is 9.78 Å². The van der Waals surface area contributed by atoms with Crippen LogP contribution in [-0.2, 0) is 11.3 Å². The van der Waals surface area contributed by atoms with E-state index in [0.717, 1.165) is 17.7 Å². The molecular formula is C18H17F2N5OS. The summed E-state index contributed by atoms with van der Waals surface area (Å²) in [6.45, 7) is 4.24. The van der Waals surface area contributed by atoms with E-state index in [1.807, 2.05) is 23.6 Å². The summed E-state index contributed by atoms with van der Waals surface area (Å²) in [5, 5.41) is 10.8. The molecule has 0 fully saturated rings. The van der Waals surface area contributed by atoms with Crippen molar-refractivity contribution in [2.75, 3.05) is 5.32 Å². The maximum atomic E-state index is 13.7. The number of nitrogens with zero attached hydrogens (tertiary/aromatic N) is 4. The van der Waals surface area contributed by atoms with E-state index >= 15 is 0 Å².